The third-order valence-electron chi connectivity index (χ3n) is 20.3. The fourth-order valence-electron chi connectivity index (χ4n) is 14.5. The molecule has 2 aliphatic carbocycles. The normalized spacial score (nSPS) is 16.6. The van der Waals surface area contributed by atoms with Crippen LogP contribution in [-0.2, 0) is 0 Å². The zero-order chi connectivity index (χ0) is 63.3. The topological polar surface area (TPSA) is 20.2 Å². The van der Waals surface area contributed by atoms with Gasteiger partial charge in [-0.2, -0.15) is 0 Å². The zero-order valence-electron chi connectivity index (χ0n) is 60.7. The molecule has 2 rings (SSSR count). The molecule has 0 aromatic rings. The maximum atomic E-state index is 10.3. The van der Waals surface area contributed by atoms with E-state index in [2.05, 4.69) is 132 Å². The molecule has 0 amide bonds. The summed E-state index contributed by atoms with van der Waals surface area (Å²) in [6.45, 7) is 11.6. The quantitative estimate of drug-likeness (QED) is 0.0475. The molecule has 2 unspecified atom stereocenters. The van der Waals surface area contributed by atoms with Gasteiger partial charge >= 0.3 is 0 Å². The van der Waals surface area contributed by atoms with Crippen molar-refractivity contribution < 1.29 is 5.11 Å². The van der Waals surface area contributed by atoms with Crippen molar-refractivity contribution in [2.24, 2.45) is 16.7 Å². The van der Waals surface area contributed by atoms with Crippen LogP contribution in [0.3, 0.4) is 0 Å². The van der Waals surface area contributed by atoms with Crippen LogP contribution in [0, 0.1) is 16.7 Å². The first-order valence-corrected chi connectivity index (χ1v) is 40.3. The Kier molecular flexibility index (Phi) is 72.7. The van der Waals surface area contributed by atoms with Crippen molar-refractivity contribution in [1.82, 2.24) is 0 Å². The lowest BCUT2D eigenvalue weighted by molar-refractivity contribution is 0.145. The van der Waals surface area contributed by atoms with Gasteiger partial charge in [0.05, 0.1) is 6.10 Å². The second-order valence-corrected chi connectivity index (χ2v) is 29.0. The van der Waals surface area contributed by atoms with Crippen molar-refractivity contribution in [2.45, 2.75) is 454 Å². The van der Waals surface area contributed by atoms with Gasteiger partial charge in [0, 0.05) is 0 Å². The maximum absolute atomic E-state index is 10.3. The van der Waals surface area contributed by atoms with E-state index in [1.54, 1.807) is 0 Å². The molecule has 0 aromatic heterocycles. The molecule has 0 radical (unpaired) electrons. The van der Waals surface area contributed by atoms with E-state index >= 15 is 0 Å². The molecule has 1 heteroatoms. The number of hydrogen-bond acceptors (Lipinski definition) is 1. The van der Waals surface area contributed by atoms with Crippen LogP contribution in [0.15, 0.2) is 97.2 Å². The van der Waals surface area contributed by atoms with Gasteiger partial charge in [-0.1, -0.05) is 359 Å². The van der Waals surface area contributed by atoms with Crippen LogP contribution in [0.25, 0.3) is 0 Å². The standard InChI is InChI=1S/C44H80.C43H78O.2CH4/c1-4-6-8-10-12-14-16-18-20-22-24-26-28-30-32-34-36-39-44(41-38-43(3)42-44)40-37-35-33-31-29-27-25-23-21-19-17-15-13-11-9-7-5-2;1-3-5-7-9-11-13-15-17-19-21-23-25-27-29-31-33-35-38-43(40-37-42(44)41-43)39-36-34-32-30-28-26-24-22-20-18-16-14-12-10-8-6-4-2;;/h12-15,18-21,43H,4-11,16-17,22-42H2,1-3H3;11-14,17-20,42,44H,3-10,15-16,21-41H2,1-2H3;2*1H4/b14-12-,15-13-,20-18-,21-19-;13-11-,14-12-,19-17-,20-18-;;. The zero-order valence-corrected chi connectivity index (χ0v) is 60.7. The second-order valence-electron chi connectivity index (χ2n) is 29.0. The summed E-state index contributed by atoms with van der Waals surface area (Å²) in [4.78, 5) is 0. The first-order valence-electron chi connectivity index (χ1n) is 40.3. The largest absolute Gasteiger partial charge is 0.393 e. The van der Waals surface area contributed by atoms with E-state index in [-0.39, 0.29) is 21.0 Å². The number of aliphatic hydroxyl groups is 1. The minimum Gasteiger partial charge on any atom is -0.393 e. The van der Waals surface area contributed by atoms with Gasteiger partial charge in [-0.3, -0.25) is 0 Å². The van der Waals surface area contributed by atoms with Crippen LogP contribution in [0.5, 0.6) is 0 Å². The smallest absolute Gasteiger partial charge is 0.0545 e. The van der Waals surface area contributed by atoms with Crippen molar-refractivity contribution in [1.29, 1.82) is 0 Å². The molecular formula is C89H166O. The lowest BCUT2D eigenvalue weighted by atomic mass is 9.76. The Morgan fingerprint density at radius 3 is 0.656 bits per heavy atom. The summed E-state index contributed by atoms with van der Waals surface area (Å²) in [6.07, 6.45) is 122. The van der Waals surface area contributed by atoms with E-state index < -0.39 is 0 Å². The molecule has 0 saturated heterocycles. The highest BCUT2D eigenvalue weighted by atomic mass is 16.3. The SMILES string of the molecule is C.C.CCCCC/C=C\C/C=C\CCCCCCCCCC1(CCCCCCCCC/C=C\C/C=C\CCCCC)CCC(C)C1.CCCCC/C=C\C/C=C\CCCCCCCCCC1(CCCCCCCCC/C=C\C/C=C\CCCCC)CCC(O)C1. The van der Waals surface area contributed by atoms with E-state index in [0.29, 0.717) is 10.8 Å². The van der Waals surface area contributed by atoms with Gasteiger partial charge < -0.3 is 5.11 Å². The first-order chi connectivity index (χ1) is 43.4. The fraction of sp³-hybridized carbons (Fsp3) is 0.820. The second kappa shape index (κ2) is 72.7. The summed E-state index contributed by atoms with van der Waals surface area (Å²) in [5.41, 5.74) is 1.18. The van der Waals surface area contributed by atoms with Gasteiger partial charge in [0.1, 0.15) is 0 Å². The molecule has 0 bridgehead atoms. The average molecular weight is 1250 g/mol. The molecule has 2 fully saturated rings. The molecule has 0 aliphatic heterocycles. The van der Waals surface area contributed by atoms with Crippen molar-refractivity contribution in [3.8, 4) is 0 Å². The summed E-state index contributed by atoms with van der Waals surface area (Å²) in [7, 11) is 0. The van der Waals surface area contributed by atoms with Crippen LogP contribution in [0.2, 0.25) is 0 Å². The molecule has 2 atom stereocenters. The molecular weight excluding hydrogens is 1080 g/mol. The molecule has 528 valence electrons. The highest BCUT2D eigenvalue weighted by Gasteiger charge is 2.37. The number of hydrogen-bond donors (Lipinski definition) is 1. The van der Waals surface area contributed by atoms with Gasteiger partial charge in [0.15, 0.2) is 0 Å². The van der Waals surface area contributed by atoms with E-state index in [9.17, 15) is 5.11 Å². The Bertz CT molecular complexity index is 1410. The number of allylic oxidation sites excluding steroid dienone is 16. The number of unbranched alkanes of at least 4 members (excludes halogenated alkanes) is 40. The molecule has 90 heavy (non-hydrogen) atoms. The first kappa shape index (κ1) is 89.9. The predicted molar refractivity (Wildman–Crippen MR) is 416 cm³/mol. The summed E-state index contributed by atoms with van der Waals surface area (Å²) in [5, 5.41) is 10.3. The van der Waals surface area contributed by atoms with Gasteiger partial charge in [-0.15, -0.1) is 0 Å². The third kappa shape index (κ3) is 62.0. The minimum absolute atomic E-state index is 0. The molecule has 2 saturated carbocycles. The molecule has 0 heterocycles. The van der Waals surface area contributed by atoms with Crippen molar-refractivity contribution in [2.75, 3.05) is 0 Å². The Balaban J connectivity index is 0. The minimum atomic E-state index is -0.0262. The van der Waals surface area contributed by atoms with Crippen LogP contribution in [0.1, 0.15) is 448 Å². The fourth-order valence-corrected chi connectivity index (χ4v) is 14.5. The third-order valence-corrected chi connectivity index (χ3v) is 20.3. The van der Waals surface area contributed by atoms with Crippen molar-refractivity contribution in [3.05, 3.63) is 97.2 Å². The Morgan fingerprint density at radius 1 is 0.256 bits per heavy atom. The van der Waals surface area contributed by atoms with Gasteiger partial charge in [-0.25, -0.2) is 0 Å². The van der Waals surface area contributed by atoms with Gasteiger partial charge in [0.2, 0.25) is 0 Å². The monoisotopic (exact) mass is 1250 g/mol. The Labute approximate surface area is 569 Å². The summed E-state index contributed by atoms with van der Waals surface area (Å²) in [6, 6.07) is 0. The van der Waals surface area contributed by atoms with Crippen LogP contribution < -0.4 is 0 Å². The predicted octanol–water partition coefficient (Wildman–Crippen LogP) is 32.0. The van der Waals surface area contributed by atoms with E-state index in [0.717, 1.165) is 44.4 Å². The summed E-state index contributed by atoms with van der Waals surface area (Å²) in [5.74, 6) is 0.974. The van der Waals surface area contributed by atoms with Gasteiger partial charge in [-0.05, 0) is 203 Å². The highest BCUT2D eigenvalue weighted by Crippen LogP contribution is 2.49. The van der Waals surface area contributed by atoms with E-state index in [4.69, 9.17) is 0 Å². The number of rotatable bonds is 64. The lowest BCUT2D eigenvalue weighted by Crippen LogP contribution is -2.18. The van der Waals surface area contributed by atoms with E-state index in [1.807, 2.05) is 0 Å². The summed E-state index contributed by atoms with van der Waals surface area (Å²) >= 11 is 0. The van der Waals surface area contributed by atoms with Crippen LogP contribution >= 0.6 is 0 Å². The highest BCUT2D eigenvalue weighted by molar-refractivity contribution is 4.96. The van der Waals surface area contributed by atoms with E-state index in [1.165, 1.54) is 360 Å². The van der Waals surface area contributed by atoms with Crippen molar-refractivity contribution >= 4 is 0 Å². The molecule has 0 aromatic carbocycles. The maximum Gasteiger partial charge on any atom is 0.0545 e. The molecule has 0 spiro atoms. The molecule has 2 aliphatic rings. The van der Waals surface area contributed by atoms with Crippen LogP contribution in [-0.4, -0.2) is 11.2 Å². The van der Waals surface area contributed by atoms with Crippen molar-refractivity contribution in [3.63, 3.8) is 0 Å². The average Bonchev–Trinajstić information content (AvgIpc) is 3.88. The lowest BCUT2D eigenvalue weighted by Gasteiger charge is -2.30. The Morgan fingerprint density at radius 2 is 0.456 bits per heavy atom. The number of aliphatic hydroxyl groups excluding tert-OH is 1. The summed E-state index contributed by atoms with van der Waals surface area (Å²) < 4.78 is 0. The molecule has 1 nitrogen and oxygen atoms in total. The molecule has 1 N–H and O–H groups in total. The Hall–Kier alpha value is -2.12. The van der Waals surface area contributed by atoms with Gasteiger partial charge in [0.25, 0.3) is 0 Å². The van der Waals surface area contributed by atoms with Crippen LogP contribution in [0.4, 0.5) is 0 Å².